The molecular formula is C26H22ClN3O2. The van der Waals surface area contributed by atoms with Crippen LogP contribution in [-0.2, 0) is 6.61 Å². The average Bonchev–Trinajstić information content (AvgIpc) is 2.81. The highest BCUT2D eigenvalue weighted by Crippen LogP contribution is 2.27. The van der Waals surface area contributed by atoms with E-state index >= 15 is 0 Å². The predicted molar refractivity (Wildman–Crippen MR) is 131 cm³/mol. The molecule has 6 heteroatoms. The van der Waals surface area contributed by atoms with Gasteiger partial charge in [-0.3, -0.25) is 0 Å². The van der Waals surface area contributed by atoms with Gasteiger partial charge in [0.25, 0.3) is 0 Å². The number of aryl methyl sites for hydroxylation is 1. The third kappa shape index (κ3) is 5.25. The van der Waals surface area contributed by atoms with Crippen molar-refractivity contribution < 1.29 is 9.53 Å². The molecule has 160 valence electrons. The third-order valence-corrected chi connectivity index (χ3v) is 5.24. The molecular weight excluding hydrogens is 422 g/mol. The third-order valence-electron chi connectivity index (χ3n) is 4.99. The first-order chi connectivity index (χ1) is 15.6. The number of anilines is 1. The zero-order valence-corrected chi connectivity index (χ0v) is 18.3. The van der Waals surface area contributed by atoms with Crippen LogP contribution in [0.25, 0.3) is 10.8 Å². The number of urea groups is 1. The molecule has 0 atom stereocenters. The molecule has 4 rings (SSSR count). The number of carbonyl (C=O) groups excluding carboxylic acids is 1. The number of amides is 2. The van der Waals surface area contributed by atoms with Crippen molar-refractivity contribution in [1.82, 2.24) is 5.43 Å². The maximum absolute atomic E-state index is 12.3. The SMILES string of the molecule is Cc1ccccc1NC(=O)NN=Cc1c(OCc2ccc(Cl)cc2)ccc2ccccc12. The van der Waals surface area contributed by atoms with Crippen molar-refractivity contribution in [1.29, 1.82) is 0 Å². The van der Waals surface area contributed by atoms with Crippen LogP contribution in [-0.4, -0.2) is 12.2 Å². The Morgan fingerprint density at radius 2 is 1.72 bits per heavy atom. The second-order valence-electron chi connectivity index (χ2n) is 7.25. The molecule has 4 aromatic carbocycles. The molecule has 0 bridgehead atoms. The van der Waals surface area contributed by atoms with Gasteiger partial charge in [-0.05, 0) is 53.1 Å². The van der Waals surface area contributed by atoms with Gasteiger partial charge < -0.3 is 10.1 Å². The summed E-state index contributed by atoms with van der Waals surface area (Å²) in [5.74, 6) is 0.670. The minimum absolute atomic E-state index is 0.386. The summed E-state index contributed by atoms with van der Waals surface area (Å²) < 4.78 is 6.08. The first-order valence-corrected chi connectivity index (χ1v) is 10.5. The van der Waals surface area contributed by atoms with E-state index in [4.69, 9.17) is 16.3 Å². The van der Waals surface area contributed by atoms with Crippen LogP contribution in [0, 0.1) is 6.92 Å². The van der Waals surface area contributed by atoms with E-state index in [1.54, 1.807) is 6.21 Å². The number of para-hydroxylation sites is 1. The number of benzene rings is 4. The van der Waals surface area contributed by atoms with Gasteiger partial charge in [-0.15, -0.1) is 0 Å². The van der Waals surface area contributed by atoms with Crippen molar-refractivity contribution in [2.24, 2.45) is 5.10 Å². The van der Waals surface area contributed by atoms with Gasteiger partial charge in [0.1, 0.15) is 12.4 Å². The van der Waals surface area contributed by atoms with Crippen LogP contribution in [0.1, 0.15) is 16.7 Å². The maximum Gasteiger partial charge on any atom is 0.339 e. The normalized spacial score (nSPS) is 10.9. The van der Waals surface area contributed by atoms with E-state index in [-0.39, 0.29) is 0 Å². The Kier molecular flexibility index (Phi) is 6.68. The average molecular weight is 444 g/mol. The quantitative estimate of drug-likeness (QED) is 0.262. The van der Waals surface area contributed by atoms with E-state index in [0.29, 0.717) is 17.4 Å². The van der Waals surface area contributed by atoms with E-state index < -0.39 is 6.03 Å². The van der Waals surface area contributed by atoms with Gasteiger partial charge in [-0.25, -0.2) is 10.2 Å². The number of hydrogen-bond donors (Lipinski definition) is 2. The molecule has 0 fully saturated rings. The fraction of sp³-hybridized carbons (Fsp3) is 0.0769. The Morgan fingerprint density at radius 1 is 0.969 bits per heavy atom. The summed E-state index contributed by atoms with van der Waals surface area (Å²) in [5.41, 5.74) is 6.02. The zero-order chi connectivity index (χ0) is 22.3. The van der Waals surface area contributed by atoms with Gasteiger partial charge in [0.2, 0.25) is 0 Å². The molecule has 0 radical (unpaired) electrons. The van der Waals surface area contributed by atoms with Gasteiger partial charge in [0.05, 0.1) is 6.21 Å². The van der Waals surface area contributed by atoms with Gasteiger partial charge in [0, 0.05) is 16.3 Å². The summed E-state index contributed by atoms with van der Waals surface area (Å²) in [7, 11) is 0. The van der Waals surface area contributed by atoms with Crippen LogP contribution in [0.3, 0.4) is 0 Å². The first-order valence-electron chi connectivity index (χ1n) is 10.1. The monoisotopic (exact) mass is 443 g/mol. The molecule has 0 aliphatic heterocycles. The lowest BCUT2D eigenvalue weighted by Crippen LogP contribution is -2.24. The molecule has 2 N–H and O–H groups in total. The van der Waals surface area contributed by atoms with Crippen LogP contribution < -0.4 is 15.5 Å². The molecule has 0 aliphatic carbocycles. The number of fused-ring (bicyclic) bond motifs is 1. The molecule has 0 aromatic heterocycles. The van der Waals surface area contributed by atoms with Crippen LogP contribution in [0.4, 0.5) is 10.5 Å². The van der Waals surface area contributed by atoms with Gasteiger partial charge in [-0.2, -0.15) is 5.10 Å². The minimum Gasteiger partial charge on any atom is -0.488 e. The van der Waals surface area contributed by atoms with Gasteiger partial charge >= 0.3 is 6.03 Å². The van der Waals surface area contributed by atoms with Crippen LogP contribution in [0.15, 0.2) is 90.0 Å². The topological polar surface area (TPSA) is 62.7 Å². The lowest BCUT2D eigenvalue weighted by Gasteiger charge is -2.12. The molecule has 4 aromatic rings. The number of ether oxygens (including phenoxy) is 1. The van der Waals surface area contributed by atoms with Gasteiger partial charge in [0.15, 0.2) is 0 Å². The summed E-state index contributed by atoms with van der Waals surface area (Å²) in [5, 5.41) is 9.67. The fourth-order valence-electron chi connectivity index (χ4n) is 3.30. The molecule has 32 heavy (non-hydrogen) atoms. The minimum atomic E-state index is -0.417. The van der Waals surface area contributed by atoms with E-state index in [2.05, 4.69) is 15.8 Å². The van der Waals surface area contributed by atoms with Crippen molar-refractivity contribution in [3.63, 3.8) is 0 Å². The highest BCUT2D eigenvalue weighted by molar-refractivity contribution is 6.30. The summed E-state index contributed by atoms with van der Waals surface area (Å²) in [6.07, 6.45) is 1.61. The van der Waals surface area contributed by atoms with E-state index in [0.717, 1.165) is 33.2 Å². The lowest BCUT2D eigenvalue weighted by molar-refractivity contribution is 0.252. The molecule has 0 saturated carbocycles. The van der Waals surface area contributed by atoms with Crippen molar-refractivity contribution in [3.8, 4) is 5.75 Å². The van der Waals surface area contributed by atoms with Crippen molar-refractivity contribution in [3.05, 3.63) is 107 Å². The number of hydrogen-bond acceptors (Lipinski definition) is 3. The number of carbonyl (C=O) groups is 1. The molecule has 0 spiro atoms. The van der Waals surface area contributed by atoms with E-state index in [1.165, 1.54) is 0 Å². The number of rotatable bonds is 6. The van der Waals surface area contributed by atoms with Crippen LogP contribution in [0.5, 0.6) is 5.75 Å². The van der Waals surface area contributed by atoms with Crippen molar-refractivity contribution in [2.75, 3.05) is 5.32 Å². The smallest absolute Gasteiger partial charge is 0.339 e. The number of halogens is 1. The van der Waals surface area contributed by atoms with Crippen molar-refractivity contribution in [2.45, 2.75) is 13.5 Å². The summed E-state index contributed by atoms with van der Waals surface area (Å²) >= 11 is 5.96. The van der Waals surface area contributed by atoms with Crippen LogP contribution in [0.2, 0.25) is 5.02 Å². The summed E-state index contributed by atoms with van der Waals surface area (Å²) in [4.78, 5) is 12.3. The fourth-order valence-corrected chi connectivity index (χ4v) is 3.42. The zero-order valence-electron chi connectivity index (χ0n) is 17.5. The van der Waals surface area contributed by atoms with Gasteiger partial charge in [-0.1, -0.05) is 72.3 Å². The first kappa shape index (κ1) is 21.4. The summed E-state index contributed by atoms with van der Waals surface area (Å²) in [6.45, 7) is 2.32. The molecule has 0 heterocycles. The molecule has 0 aliphatic rings. The standard InChI is InChI=1S/C26H22ClN3O2/c1-18-6-2-5-9-24(18)29-26(31)30-28-16-23-22-8-4-3-7-20(22)12-15-25(23)32-17-19-10-13-21(27)14-11-19/h2-16H,17H2,1H3,(H2,29,30,31). The Hall–Kier alpha value is -3.83. The molecule has 5 nitrogen and oxygen atoms in total. The Bertz CT molecular complexity index is 1270. The second kappa shape index (κ2) is 9.98. The number of nitrogens with one attached hydrogen (secondary N) is 2. The Balaban J connectivity index is 1.53. The molecule has 2 amide bonds. The number of nitrogens with zero attached hydrogens (tertiary/aromatic N) is 1. The Labute approximate surface area is 191 Å². The molecule has 0 unspecified atom stereocenters. The number of hydrazone groups is 1. The second-order valence-corrected chi connectivity index (χ2v) is 7.69. The highest BCUT2D eigenvalue weighted by Gasteiger charge is 2.08. The molecule has 0 saturated heterocycles. The maximum atomic E-state index is 12.3. The van der Waals surface area contributed by atoms with E-state index in [9.17, 15) is 4.79 Å². The largest absolute Gasteiger partial charge is 0.488 e. The van der Waals surface area contributed by atoms with E-state index in [1.807, 2.05) is 91.9 Å². The van der Waals surface area contributed by atoms with Crippen LogP contribution >= 0.6 is 11.6 Å². The Morgan fingerprint density at radius 3 is 2.53 bits per heavy atom. The summed E-state index contributed by atoms with van der Waals surface area (Å²) in [6, 6.07) is 26.5. The predicted octanol–water partition coefficient (Wildman–Crippen LogP) is 6.54. The lowest BCUT2D eigenvalue weighted by atomic mass is 10.0. The van der Waals surface area contributed by atoms with Crippen molar-refractivity contribution >= 4 is 40.3 Å². The highest BCUT2D eigenvalue weighted by atomic mass is 35.5.